The standard InChI is InChI=1S/C18H23N3O3/c1-12-10-13(2)21(20-12)14(3)17(22)19-16(18(23)24-4)11-15-8-6-5-7-9-15/h5-10,14,16H,11H2,1-4H3,(H,19,22)/t14-,16-/m0/s1. The minimum Gasteiger partial charge on any atom is -0.467 e. The first-order valence-corrected chi connectivity index (χ1v) is 7.87. The second-order valence-corrected chi connectivity index (χ2v) is 5.82. The normalized spacial score (nSPS) is 13.2. The molecule has 2 rings (SSSR count). The minimum absolute atomic E-state index is 0.271. The van der Waals surface area contributed by atoms with E-state index in [-0.39, 0.29) is 5.91 Å². The van der Waals surface area contributed by atoms with Crippen LogP contribution in [0.5, 0.6) is 0 Å². The Morgan fingerprint density at radius 2 is 1.92 bits per heavy atom. The van der Waals surface area contributed by atoms with E-state index in [1.807, 2.05) is 50.2 Å². The van der Waals surface area contributed by atoms with Crippen molar-refractivity contribution in [2.75, 3.05) is 7.11 Å². The molecular formula is C18H23N3O3. The van der Waals surface area contributed by atoms with Crippen LogP contribution < -0.4 is 5.32 Å². The van der Waals surface area contributed by atoms with Gasteiger partial charge < -0.3 is 10.1 Å². The highest BCUT2D eigenvalue weighted by atomic mass is 16.5. The molecule has 1 heterocycles. The average molecular weight is 329 g/mol. The summed E-state index contributed by atoms with van der Waals surface area (Å²) in [5.41, 5.74) is 2.70. The maximum Gasteiger partial charge on any atom is 0.328 e. The molecule has 0 unspecified atom stereocenters. The molecule has 6 heteroatoms. The Morgan fingerprint density at radius 1 is 1.25 bits per heavy atom. The number of methoxy groups -OCH3 is 1. The largest absolute Gasteiger partial charge is 0.467 e. The number of benzene rings is 1. The van der Waals surface area contributed by atoms with Crippen LogP contribution in [0, 0.1) is 13.8 Å². The fraction of sp³-hybridized carbons (Fsp3) is 0.389. The molecule has 6 nitrogen and oxygen atoms in total. The number of carbonyl (C=O) groups excluding carboxylic acids is 2. The first-order chi connectivity index (χ1) is 11.4. The molecule has 0 saturated heterocycles. The highest BCUT2D eigenvalue weighted by Crippen LogP contribution is 2.12. The van der Waals surface area contributed by atoms with Gasteiger partial charge in [0.15, 0.2) is 0 Å². The summed E-state index contributed by atoms with van der Waals surface area (Å²) in [5.74, 6) is -0.736. The molecule has 0 aliphatic heterocycles. The number of rotatable bonds is 6. The van der Waals surface area contributed by atoms with Gasteiger partial charge in [-0.05, 0) is 32.4 Å². The van der Waals surface area contributed by atoms with E-state index in [2.05, 4.69) is 10.4 Å². The van der Waals surface area contributed by atoms with Crippen LogP contribution in [-0.4, -0.2) is 34.8 Å². The first-order valence-electron chi connectivity index (χ1n) is 7.87. The quantitative estimate of drug-likeness (QED) is 0.822. The van der Waals surface area contributed by atoms with Crippen molar-refractivity contribution in [2.45, 2.75) is 39.3 Å². The number of hydrogen-bond donors (Lipinski definition) is 1. The highest BCUT2D eigenvalue weighted by molar-refractivity contribution is 5.86. The molecule has 1 N–H and O–H groups in total. The van der Waals surface area contributed by atoms with Crippen LogP contribution >= 0.6 is 0 Å². The number of amides is 1. The fourth-order valence-electron chi connectivity index (χ4n) is 2.63. The van der Waals surface area contributed by atoms with Crippen LogP contribution in [0.25, 0.3) is 0 Å². The molecule has 2 aromatic rings. The molecule has 0 saturated carbocycles. The smallest absolute Gasteiger partial charge is 0.328 e. The van der Waals surface area contributed by atoms with E-state index in [0.29, 0.717) is 6.42 Å². The Labute approximate surface area is 141 Å². The van der Waals surface area contributed by atoms with Gasteiger partial charge in [-0.25, -0.2) is 4.79 Å². The SMILES string of the molecule is COC(=O)[C@H](Cc1ccccc1)NC(=O)[C@H](C)n1nc(C)cc1C. The molecule has 0 fully saturated rings. The lowest BCUT2D eigenvalue weighted by molar-refractivity contribution is -0.145. The molecule has 24 heavy (non-hydrogen) atoms. The lowest BCUT2D eigenvalue weighted by Gasteiger charge is -2.20. The zero-order chi connectivity index (χ0) is 17.7. The molecule has 0 bridgehead atoms. The lowest BCUT2D eigenvalue weighted by atomic mass is 10.1. The predicted octanol–water partition coefficient (Wildman–Crippen LogP) is 1.96. The van der Waals surface area contributed by atoms with Crippen molar-refractivity contribution in [1.29, 1.82) is 0 Å². The number of hydrogen-bond acceptors (Lipinski definition) is 4. The molecule has 1 aromatic carbocycles. The molecule has 0 aliphatic carbocycles. The molecule has 2 atom stereocenters. The monoisotopic (exact) mass is 329 g/mol. The van der Waals surface area contributed by atoms with Gasteiger partial charge in [-0.2, -0.15) is 5.10 Å². The summed E-state index contributed by atoms with van der Waals surface area (Å²) in [4.78, 5) is 24.6. The fourth-order valence-corrected chi connectivity index (χ4v) is 2.63. The van der Waals surface area contributed by atoms with E-state index in [1.54, 1.807) is 11.6 Å². The van der Waals surface area contributed by atoms with Crippen molar-refractivity contribution in [3.8, 4) is 0 Å². The minimum atomic E-state index is -0.732. The predicted molar refractivity (Wildman–Crippen MR) is 90.5 cm³/mol. The van der Waals surface area contributed by atoms with Gasteiger partial charge >= 0.3 is 5.97 Å². The van der Waals surface area contributed by atoms with Gasteiger partial charge in [0, 0.05) is 12.1 Å². The third-order valence-corrected chi connectivity index (χ3v) is 3.88. The summed E-state index contributed by atoms with van der Waals surface area (Å²) < 4.78 is 6.48. The van der Waals surface area contributed by atoms with Gasteiger partial charge in [0.1, 0.15) is 12.1 Å². The second kappa shape index (κ2) is 7.77. The maximum absolute atomic E-state index is 12.5. The van der Waals surface area contributed by atoms with E-state index in [1.165, 1.54) is 7.11 Å². The van der Waals surface area contributed by atoms with Gasteiger partial charge in [-0.1, -0.05) is 30.3 Å². The number of aromatic nitrogens is 2. The number of carbonyl (C=O) groups is 2. The van der Waals surface area contributed by atoms with Crippen LogP contribution in [-0.2, 0) is 20.7 Å². The summed E-state index contributed by atoms with van der Waals surface area (Å²) in [5, 5.41) is 7.10. The summed E-state index contributed by atoms with van der Waals surface area (Å²) in [6, 6.07) is 10.2. The summed E-state index contributed by atoms with van der Waals surface area (Å²) in [6.45, 7) is 5.53. The van der Waals surface area contributed by atoms with Crippen molar-refractivity contribution in [1.82, 2.24) is 15.1 Å². The van der Waals surface area contributed by atoms with Crippen molar-refractivity contribution >= 4 is 11.9 Å². The Hall–Kier alpha value is -2.63. The van der Waals surface area contributed by atoms with Crippen LogP contribution in [0.4, 0.5) is 0 Å². The molecular weight excluding hydrogens is 306 g/mol. The second-order valence-electron chi connectivity index (χ2n) is 5.82. The molecule has 1 aromatic heterocycles. The number of esters is 1. The third-order valence-electron chi connectivity index (χ3n) is 3.88. The van der Waals surface area contributed by atoms with Gasteiger partial charge in [0.05, 0.1) is 12.8 Å². The van der Waals surface area contributed by atoms with E-state index < -0.39 is 18.1 Å². The van der Waals surface area contributed by atoms with E-state index in [9.17, 15) is 9.59 Å². The highest BCUT2D eigenvalue weighted by Gasteiger charge is 2.26. The Kier molecular flexibility index (Phi) is 5.73. The molecule has 0 radical (unpaired) electrons. The van der Waals surface area contributed by atoms with E-state index in [4.69, 9.17) is 4.74 Å². The zero-order valence-corrected chi connectivity index (χ0v) is 14.4. The van der Waals surface area contributed by atoms with Crippen molar-refractivity contribution in [3.63, 3.8) is 0 Å². The summed E-state index contributed by atoms with van der Waals surface area (Å²) >= 11 is 0. The van der Waals surface area contributed by atoms with Crippen LogP contribution in [0.15, 0.2) is 36.4 Å². The Bertz CT molecular complexity index is 710. The van der Waals surface area contributed by atoms with Crippen molar-refractivity contribution < 1.29 is 14.3 Å². The first kappa shape index (κ1) is 17.7. The van der Waals surface area contributed by atoms with E-state index >= 15 is 0 Å². The topological polar surface area (TPSA) is 73.2 Å². The maximum atomic E-state index is 12.5. The van der Waals surface area contributed by atoms with Gasteiger partial charge in [-0.15, -0.1) is 0 Å². The van der Waals surface area contributed by atoms with Crippen molar-refractivity contribution in [3.05, 3.63) is 53.3 Å². The van der Waals surface area contributed by atoms with Crippen LogP contribution in [0.2, 0.25) is 0 Å². The third kappa shape index (κ3) is 4.22. The number of ether oxygens (including phenoxy) is 1. The Morgan fingerprint density at radius 3 is 2.46 bits per heavy atom. The zero-order valence-electron chi connectivity index (χ0n) is 14.4. The molecule has 0 aliphatic rings. The average Bonchev–Trinajstić information content (AvgIpc) is 2.92. The van der Waals surface area contributed by atoms with Gasteiger partial charge in [0.25, 0.3) is 0 Å². The van der Waals surface area contributed by atoms with E-state index in [0.717, 1.165) is 17.0 Å². The lowest BCUT2D eigenvalue weighted by Crippen LogP contribution is -2.45. The molecule has 0 spiro atoms. The summed E-state index contributed by atoms with van der Waals surface area (Å²) in [7, 11) is 1.32. The molecule has 1 amide bonds. The summed E-state index contributed by atoms with van der Waals surface area (Å²) in [6.07, 6.45) is 0.378. The van der Waals surface area contributed by atoms with Crippen LogP contribution in [0.3, 0.4) is 0 Å². The number of nitrogens with zero attached hydrogens (tertiary/aromatic N) is 2. The Balaban J connectivity index is 2.12. The van der Waals surface area contributed by atoms with Gasteiger partial charge in [-0.3, -0.25) is 9.48 Å². The van der Waals surface area contributed by atoms with Crippen LogP contribution in [0.1, 0.15) is 29.9 Å². The van der Waals surface area contributed by atoms with Gasteiger partial charge in [0.2, 0.25) is 5.91 Å². The number of aryl methyl sites for hydroxylation is 2. The molecule has 128 valence electrons. The number of nitrogens with one attached hydrogen (secondary N) is 1. The van der Waals surface area contributed by atoms with Crippen molar-refractivity contribution in [2.24, 2.45) is 0 Å².